The smallest absolute Gasteiger partial charge is 0.254 e. The maximum absolute atomic E-state index is 12.2. The lowest BCUT2D eigenvalue weighted by atomic mass is 10.2. The molecule has 0 bridgehead atoms. The highest BCUT2D eigenvalue weighted by molar-refractivity contribution is 5.99. The molecule has 0 atom stereocenters. The molecule has 0 unspecified atom stereocenters. The summed E-state index contributed by atoms with van der Waals surface area (Å²) in [6.45, 7) is -0.0292. The van der Waals surface area contributed by atoms with E-state index >= 15 is 0 Å². The lowest BCUT2D eigenvalue weighted by molar-refractivity contribution is -0.116. The van der Waals surface area contributed by atoms with Gasteiger partial charge in [0.1, 0.15) is 12.7 Å². The van der Waals surface area contributed by atoms with Gasteiger partial charge in [0, 0.05) is 18.3 Å². The molecule has 0 fully saturated rings. The van der Waals surface area contributed by atoms with E-state index in [4.69, 9.17) is 0 Å². The average Bonchev–Trinajstić information content (AvgIpc) is 3.17. The molecule has 1 aromatic heterocycles. The van der Waals surface area contributed by atoms with Crippen molar-refractivity contribution in [3.8, 4) is 5.69 Å². The van der Waals surface area contributed by atoms with Crippen LogP contribution in [0.15, 0.2) is 67.3 Å². The van der Waals surface area contributed by atoms with E-state index in [-0.39, 0.29) is 18.4 Å². The minimum Gasteiger partial charge on any atom is -0.332 e. The van der Waals surface area contributed by atoms with Crippen LogP contribution in [0.5, 0.6) is 0 Å². The van der Waals surface area contributed by atoms with Crippen LogP contribution in [0.25, 0.3) is 5.69 Å². The van der Waals surface area contributed by atoms with Gasteiger partial charge in [-0.25, -0.2) is 9.67 Å². The van der Waals surface area contributed by atoms with Crippen molar-refractivity contribution in [3.63, 3.8) is 0 Å². The van der Waals surface area contributed by atoms with Crippen LogP contribution in [-0.4, -0.2) is 45.1 Å². The van der Waals surface area contributed by atoms with E-state index < -0.39 is 0 Å². The number of carbonyl (C=O) groups is 2. The number of amides is 2. The van der Waals surface area contributed by atoms with Crippen molar-refractivity contribution in [2.45, 2.75) is 0 Å². The minimum absolute atomic E-state index is 0.0292. The third-order valence-electron chi connectivity index (χ3n) is 3.58. The molecule has 2 amide bonds. The highest BCUT2D eigenvalue weighted by Crippen LogP contribution is 2.12. The first-order valence-electron chi connectivity index (χ1n) is 7.69. The quantitative estimate of drug-likeness (QED) is 0.773. The average molecular weight is 335 g/mol. The van der Waals surface area contributed by atoms with Crippen LogP contribution in [-0.2, 0) is 4.79 Å². The first-order chi connectivity index (χ1) is 12.1. The van der Waals surface area contributed by atoms with Gasteiger partial charge in [-0.2, -0.15) is 5.10 Å². The summed E-state index contributed by atoms with van der Waals surface area (Å²) in [7, 11) is 1.60. The Morgan fingerprint density at radius 1 is 1.08 bits per heavy atom. The molecule has 25 heavy (non-hydrogen) atoms. The van der Waals surface area contributed by atoms with Crippen LogP contribution < -0.4 is 5.32 Å². The Balaban J connectivity index is 1.58. The van der Waals surface area contributed by atoms with Gasteiger partial charge in [0.05, 0.1) is 12.2 Å². The third kappa shape index (κ3) is 4.08. The molecule has 3 aromatic rings. The van der Waals surface area contributed by atoms with E-state index in [2.05, 4.69) is 15.4 Å². The van der Waals surface area contributed by atoms with Gasteiger partial charge in [0.2, 0.25) is 5.91 Å². The molecule has 1 N–H and O–H groups in total. The van der Waals surface area contributed by atoms with Gasteiger partial charge in [0.15, 0.2) is 0 Å². The Labute approximate surface area is 144 Å². The molecule has 0 aliphatic heterocycles. The van der Waals surface area contributed by atoms with E-state index in [9.17, 15) is 9.59 Å². The number of rotatable bonds is 5. The van der Waals surface area contributed by atoms with Gasteiger partial charge < -0.3 is 10.2 Å². The fourth-order valence-corrected chi connectivity index (χ4v) is 2.33. The standard InChI is InChI=1S/C18H17N5O2/c1-22(18(25)14-5-3-2-4-6-14)11-17(24)21-15-7-9-16(10-8-15)23-13-19-12-20-23/h2-10,12-13H,11H2,1H3,(H,21,24). The van der Waals surface area contributed by atoms with Crippen LogP contribution in [0, 0.1) is 0 Å². The summed E-state index contributed by atoms with van der Waals surface area (Å²) in [6, 6.07) is 16.1. The Hall–Kier alpha value is -3.48. The zero-order chi connectivity index (χ0) is 17.6. The highest BCUT2D eigenvalue weighted by Gasteiger charge is 2.14. The van der Waals surface area contributed by atoms with E-state index in [1.165, 1.54) is 11.2 Å². The van der Waals surface area contributed by atoms with Crippen molar-refractivity contribution in [1.82, 2.24) is 19.7 Å². The molecule has 0 spiro atoms. The number of aromatic nitrogens is 3. The summed E-state index contributed by atoms with van der Waals surface area (Å²) >= 11 is 0. The predicted molar refractivity (Wildman–Crippen MR) is 93.4 cm³/mol. The van der Waals surface area contributed by atoms with E-state index in [0.29, 0.717) is 11.3 Å². The van der Waals surface area contributed by atoms with Crippen molar-refractivity contribution >= 4 is 17.5 Å². The van der Waals surface area contributed by atoms with Gasteiger partial charge in [-0.3, -0.25) is 9.59 Å². The van der Waals surface area contributed by atoms with E-state index in [1.807, 2.05) is 18.2 Å². The molecule has 2 aromatic carbocycles. The molecular formula is C18H17N5O2. The predicted octanol–water partition coefficient (Wildman–Crippen LogP) is 1.98. The number of benzene rings is 2. The summed E-state index contributed by atoms with van der Waals surface area (Å²) < 4.78 is 1.62. The van der Waals surface area contributed by atoms with Crippen LogP contribution in [0.3, 0.4) is 0 Å². The Morgan fingerprint density at radius 2 is 1.80 bits per heavy atom. The monoisotopic (exact) mass is 335 g/mol. The molecule has 7 nitrogen and oxygen atoms in total. The maximum atomic E-state index is 12.2. The van der Waals surface area contributed by atoms with Gasteiger partial charge in [0.25, 0.3) is 5.91 Å². The highest BCUT2D eigenvalue weighted by atomic mass is 16.2. The molecule has 126 valence electrons. The number of likely N-dealkylation sites (N-methyl/N-ethyl adjacent to an activating group) is 1. The molecule has 0 saturated carbocycles. The molecule has 7 heteroatoms. The number of carbonyl (C=O) groups excluding carboxylic acids is 2. The zero-order valence-corrected chi connectivity index (χ0v) is 13.7. The van der Waals surface area contributed by atoms with Crippen molar-refractivity contribution in [2.24, 2.45) is 0 Å². The summed E-state index contributed by atoms with van der Waals surface area (Å²) in [5, 5.41) is 6.81. The normalized spacial score (nSPS) is 10.3. The van der Waals surface area contributed by atoms with Crippen molar-refractivity contribution < 1.29 is 9.59 Å². The molecule has 0 radical (unpaired) electrons. The Bertz CT molecular complexity index is 845. The number of anilines is 1. The Morgan fingerprint density at radius 3 is 2.44 bits per heavy atom. The number of nitrogens with one attached hydrogen (secondary N) is 1. The van der Waals surface area contributed by atoms with Gasteiger partial charge >= 0.3 is 0 Å². The van der Waals surface area contributed by atoms with Crippen molar-refractivity contribution in [2.75, 3.05) is 18.9 Å². The molecule has 1 heterocycles. The van der Waals surface area contributed by atoms with Crippen LogP contribution in [0.1, 0.15) is 10.4 Å². The number of hydrogen-bond donors (Lipinski definition) is 1. The summed E-state index contributed by atoms with van der Waals surface area (Å²) in [4.78, 5) is 29.7. The van der Waals surface area contributed by atoms with Gasteiger partial charge in [-0.1, -0.05) is 18.2 Å². The molecule has 0 aliphatic rings. The SMILES string of the molecule is CN(CC(=O)Nc1ccc(-n2cncn2)cc1)C(=O)c1ccccc1. The number of hydrogen-bond acceptors (Lipinski definition) is 4. The second kappa shape index (κ2) is 7.39. The second-order valence-corrected chi connectivity index (χ2v) is 5.46. The van der Waals surface area contributed by atoms with Crippen molar-refractivity contribution in [1.29, 1.82) is 0 Å². The molecular weight excluding hydrogens is 318 g/mol. The summed E-state index contributed by atoms with van der Waals surface area (Å²) in [6.07, 6.45) is 3.05. The first-order valence-corrected chi connectivity index (χ1v) is 7.69. The van der Waals surface area contributed by atoms with Crippen LogP contribution in [0.2, 0.25) is 0 Å². The molecule has 0 saturated heterocycles. The molecule has 0 aliphatic carbocycles. The summed E-state index contributed by atoms with van der Waals surface area (Å²) in [5.41, 5.74) is 2.04. The van der Waals surface area contributed by atoms with E-state index in [0.717, 1.165) is 5.69 Å². The van der Waals surface area contributed by atoms with Gasteiger partial charge in [-0.05, 0) is 36.4 Å². The van der Waals surface area contributed by atoms with Crippen LogP contribution >= 0.6 is 0 Å². The topological polar surface area (TPSA) is 80.1 Å². The van der Waals surface area contributed by atoms with E-state index in [1.54, 1.807) is 54.5 Å². The fourth-order valence-electron chi connectivity index (χ4n) is 2.33. The first kappa shape index (κ1) is 16.4. The maximum Gasteiger partial charge on any atom is 0.254 e. The lowest BCUT2D eigenvalue weighted by Crippen LogP contribution is -2.34. The van der Waals surface area contributed by atoms with Crippen molar-refractivity contribution in [3.05, 3.63) is 72.8 Å². The summed E-state index contributed by atoms with van der Waals surface area (Å²) in [5.74, 6) is -0.461. The second-order valence-electron chi connectivity index (χ2n) is 5.46. The van der Waals surface area contributed by atoms with Gasteiger partial charge in [-0.15, -0.1) is 0 Å². The number of nitrogens with zero attached hydrogens (tertiary/aromatic N) is 4. The Kier molecular flexibility index (Phi) is 4.84. The largest absolute Gasteiger partial charge is 0.332 e. The van der Waals surface area contributed by atoms with Crippen LogP contribution in [0.4, 0.5) is 5.69 Å². The third-order valence-corrected chi connectivity index (χ3v) is 3.58. The lowest BCUT2D eigenvalue weighted by Gasteiger charge is -2.17. The zero-order valence-electron chi connectivity index (χ0n) is 13.7. The molecule has 3 rings (SSSR count). The minimum atomic E-state index is -0.264. The fraction of sp³-hybridized carbons (Fsp3) is 0.111.